The molecule has 2 aromatic carbocycles. The van der Waals surface area contributed by atoms with Gasteiger partial charge in [-0.1, -0.05) is 42.0 Å². The minimum atomic E-state index is 0.175. The lowest BCUT2D eigenvalue weighted by Gasteiger charge is -2.03. The van der Waals surface area contributed by atoms with E-state index in [0.717, 1.165) is 14.7 Å². The van der Waals surface area contributed by atoms with Gasteiger partial charge in [0, 0.05) is 15.6 Å². The molecule has 0 N–H and O–H groups in total. The number of ketones is 1. The molecule has 17 heavy (non-hydrogen) atoms. The fourth-order valence-corrected chi connectivity index (χ4v) is 2.31. The predicted molar refractivity (Wildman–Crippen MR) is 78.4 cm³/mol. The maximum absolute atomic E-state index is 12.1. The van der Waals surface area contributed by atoms with Gasteiger partial charge in [-0.3, -0.25) is 4.79 Å². The van der Waals surface area contributed by atoms with Crippen LogP contribution in [0.1, 0.15) is 21.5 Å². The second-order valence-corrected chi connectivity index (χ2v) is 5.34. The summed E-state index contributed by atoms with van der Waals surface area (Å²) in [6.07, 6.45) is 0.474. The largest absolute Gasteiger partial charge is 0.294 e. The number of benzene rings is 2. The molecule has 0 saturated heterocycles. The number of Topliss-reactive ketones (excluding diaryl/α,β-unsaturated/α-hetero) is 1. The number of carbonyl (C=O) groups excluding carboxylic acids is 1. The van der Waals surface area contributed by atoms with Crippen LogP contribution in [0.2, 0.25) is 0 Å². The lowest BCUT2D eigenvalue weighted by Crippen LogP contribution is -2.03. The summed E-state index contributed by atoms with van der Waals surface area (Å²) < 4.78 is 1.10. The van der Waals surface area contributed by atoms with Crippen molar-refractivity contribution < 1.29 is 4.79 Å². The van der Waals surface area contributed by atoms with E-state index in [9.17, 15) is 4.79 Å². The van der Waals surface area contributed by atoms with Crippen LogP contribution in [0, 0.1) is 10.5 Å². The molecular formula is C15H13IO. The molecule has 1 nitrogen and oxygen atoms in total. The third kappa shape index (κ3) is 3.40. The molecule has 0 atom stereocenters. The summed E-state index contributed by atoms with van der Waals surface area (Å²) in [6, 6.07) is 15.8. The molecule has 2 heteroatoms. The number of hydrogen-bond donors (Lipinski definition) is 0. The highest BCUT2D eigenvalue weighted by atomic mass is 127. The van der Waals surface area contributed by atoms with E-state index in [2.05, 4.69) is 28.7 Å². The number of hydrogen-bond acceptors (Lipinski definition) is 1. The molecule has 0 aliphatic rings. The molecule has 0 spiro atoms. The van der Waals surface area contributed by atoms with Crippen molar-refractivity contribution in [1.29, 1.82) is 0 Å². The van der Waals surface area contributed by atoms with Gasteiger partial charge in [0.25, 0.3) is 0 Å². The van der Waals surface area contributed by atoms with Gasteiger partial charge in [-0.2, -0.15) is 0 Å². The van der Waals surface area contributed by atoms with Gasteiger partial charge in [-0.25, -0.2) is 0 Å². The van der Waals surface area contributed by atoms with E-state index >= 15 is 0 Å². The molecule has 86 valence electrons. The van der Waals surface area contributed by atoms with E-state index in [0.29, 0.717) is 6.42 Å². The average Bonchev–Trinajstić information content (AvgIpc) is 2.29. The lowest BCUT2D eigenvalue weighted by molar-refractivity contribution is 0.0993. The van der Waals surface area contributed by atoms with Crippen LogP contribution in [-0.4, -0.2) is 5.78 Å². The Balaban J connectivity index is 2.17. The standard InChI is InChI=1S/C15H13IO/c1-11-4-2-5-12(8-11)9-15(17)13-6-3-7-14(16)10-13/h2-8,10H,9H2,1H3. The van der Waals surface area contributed by atoms with Crippen molar-refractivity contribution in [2.24, 2.45) is 0 Å². The topological polar surface area (TPSA) is 17.1 Å². The fraction of sp³-hybridized carbons (Fsp3) is 0.133. The smallest absolute Gasteiger partial charge is 0.167 e. The third-order valence-corrected chi connectivity index (χ3v) is 3.26. The highest BCUT2D eigenvalue weighted by molar-refractivity contribution is 14.1. The first kappa shape index (κ1) is 12.3. The number of carbonyl (C=O) groups is 1. The zero-order valence-corrected chi connectivity index (χ0v) is 11.8. The van der Waals surface area contributed by atoms with Crippen molar-refractivity contribution in [2.75, 3.05) is 0 Å². The minimum Gasteiger partial charge on any atom is -0.294 e. The van der Waals surface area contributed by atoms with E-state index in [1.807, 2.05) is 49.4 Å². The highest BCUT2D eigenvalue weighted by Crippen LogP contribution is 2.12. The molecule has 2 aromatic rings. The molecule has 0 aliphatic heterocycles. The van der Waals surface area contributed by atoms with Crippen molar-refractivity contribution in [2.45, 2.75) is 13.3 Å². The van der Waals surface area contributed by atoms with E-state index < -0.39 is 0 Å². The normalized spacial score (nSPS) is 10.2. The molecule has 0 aromatic heterocycles. The van der Waals surface area contributed by atoms with Crippen LogP contribution in [-0.2, 0) is 6.42 Å². The Morgan fingerprint density at radius 1 is 1.12 bits per heavy atom. The SMILES string of the molecule is Cc1cccc(CC(=O)c2cccc(I)c2)c1. The Kier molecular flexibility index (Phi) is 3.94. The van der Waals surface area contributed by atoms with Gasteiger partial charge in [-0.05, 0) is 47.2 Å². The van der Waals surface area contributed by atoms with Gasteiger partial charge in [0.1, 0.15) is 0 Å². The summed E-state index contributed by atoms with van der Waals surface area (Å²) in [5.41, 5.74) is 3.06. The molecule has 0 heterocycles. The van der Waals surface area contributed by atoms with Gasteiger partial charge in [-0.15, -0.1) is 0 Å². The molecule has 0 unspecified atom stereocenters. The van der Waals surface area contributed by atoms with Gasteiger partial charge < -0.3 is 0 Å². The van der Waals surface area contributed by atoms with Gasteiger partial charge in [0.05, 0.1) is 0 Å². The van der Waals surface area contributed by atoms with E-state index in [1.54, 1.807) is 0 Å². The van der Waals surface area contributed by atoms with Crippen LogP contribution in [0.15, 0.2) is 48.5 Å². The Labute approximate surface area is 115 Å². The van der Waals surface area contributed by atoms with Gasteiger partial charge >= 0.3 is 0 Å². The third-order valence-electron chi connectivity index (χ3n) is 2.59. The average molecular weight is 336 g/mol. The van der Waals surface area contributed by atoms with E-state index in [-0.39, 0.29) is 5.78 Å². The summed E-state index contributed by atoms with van der Waals surface area (Å²) >= 11 is 2.22. The maximum Gasteiger partial charge on any atom is 0.167 e. The zero-order valence-electron chi connectivity index (χ0n) is 9.61. The summed E-state index contributed by atoms with van der Waals surface area (Å²) in [6.45, 7) is 2.04. The van der Waals surface area contributed by atoms with Crippen LogP contribution in [0.4, 0.5) is 0 Å². The molecule has 0 amide bonds. The molecule has 0 radical (unpaired) electrons. The van der Waals surface area contributed by atoms with Crippen LogP contribution in [0.5, 0.6) is 0 Å². The number of aryl methyl sites for hydroxylation is 1. The predicted octanol–water partition coefficient (Wildman–Crippen LogP) is 4.03. The van der Waals surface area contributed by atoms with Crippen LogP contribution < -0.4 is 0 Å². The minimum absolute atomic E-state index is 0.175. The van der Waals surface area contributed by atoms with E-state index in [4.69, 9.17) is 0 Å². The molecule has 0 bridgehead atoms. The summed E-state index contributed by atoms with van der Waals surface area (Å²) in [5, 5.41) is 0. The second-order valence-electron chi connectivity index (χ2n) is 4.10. The second kappa shape index (κ2) is 5.45. The molecule has 0 fully saturated rings. The zero-order chi connectivity index (χ0) is 12.3. The Bertz CT molecular complexity index is 546. The summed E-state index contributed by atoms with van der Waals surface area (Å²) in [4.78, 5) is 12.1. The molecular weight excluding hydrogens is 323 g/mol. The maximum atomic E-state index is 12.1. The van der Waals surface area contributed by atoms with Crippen molar-refractivity contribution >= 4 is 28.4 Å². The van der Waals surface area contributed by atoms with E-state index in [1.165, 1.54) is 5.56 Å². The fourth-order valence-electron chi connectivity index (χ4n) is 1.77. The first-order valence-corrected chi connectivity index (χ1v) is 6.57. The summed E-state index contributed by atoms with van der Waals surface area (Å²) in [5.74, 6) is 0.175. The first-order chi connectivity index (χ1) is 8.15. The van der Waals surface area contributed by atoms with Gasteiger partial charge in [0.2, 0.25) is 0 Å². The van der Waals surface area contributed by atoms with Crippen molar-refractivity contribution in [3.63, 3.8) is 0 Å². The molecule has 0 saturated carbocycles. The van der Waals surface area contributed by atoms with Crippen LogP contribution >= 0.6 is 22.6 Å². The molecule has 0 aliphatic carbocycles. The Morgan fingerprint density at radius 3 is 2.59 bits per heavy atom. The van der Waals surface area contributed by atoms with Crippen molar-refractivity contribution in [3.05, 3.63) is 68.8 Å². The number of rotatable bonds is 3. The van der Waals surface area contributed by atoms with Crippen LogP contribution in [0.25, 0.3) is 0 Å². The van der Waals surface area contributed by atoms with Gasteiger partial charge in [0.15, 0.2) is 5.78 Å². The monoisotopic (exact) mass is 336 g/mol. The Hall–Kier alpha value is -1.16. The first-order valence-electron chi connectivity index (χ1n) is 5.49. The summed E-state index contributed by atoms with van der Waals surface area (Å²) in [7, 11) is 0. The highest BCUT2D eigenvalue weighted by Gasteiger charge is 2.07. The molecule has 2 rings (SSSR count). The lowest BCUT2D eigenvalue weighted by atomic mass is 10.0. The number of halogens is 1. The Morgan fingerprint density at radius 2 is 1.88 bits per heavy atom. The quantitative estimate of drug-likeness (QED) is 0.611. The van der Waals surface area contributed by atoms with Crippen LogP contribution in [0.3, 0.4) is 0 Å². The van der Waals surface area contributed by atoms with Crippen molar-refractivity contribution in [1.82, 2.24) is 0 Å². The van der Waals surface area contributed by atoms with Crippen molar-refractivity contribution in [3.8, 4) is 0 Å².